The Morgan fingerprint density at radius 1 is 1.33 bits per heavy atom. The second-order valence-electron chi connectivity index (χ2n) is 7.28. The average molecular weight is 424 g/mol. The average Bonchev–Trinajstić information content (AvgIpc) is 3.13. The third kappa shape index (κ3) is 5.08. The van der Waals surface area contributed by atoms with Gasteiger partial charge in [0.2, 0.25) is 5.91 Å². The van der Waals surface area contributed by atoms with E-state index in [1.54, 1.807) is 11.1 Å². The van der Waals surface area contributed by atoms with Crippen LogP contribution in [-0.2, 0) is 4.79 Å². The van der Waals surface area contributed by atoms with Gasteiger partial charge < -0.3 is 20.1 Å². The first-order chi connectivity index (χ1) is 14.2. The zero-order valence-electron chi connectivity index (χ0n) is 16.5. The topological polar surface area (TPSA) is 94.2 Å². The molecule has 3 heterocycles. The van der Waals surface area contributed by atoms with Crippen LogP contribution in [-0.4, -0.2) is 70.6 Å². The van der Waals surface area contributed by atoms with E-state index in [2.05, 4.69) is 26.8 Å². The van der Waals surface area contributed by atoms with Gasteiger partial charge in [0.25, 0.3) is 5.91 Å². The van der Waals surface area contributed by atoms with Crippen LogP contribution in [0.25, 0.3) is 11.2 Å². The van der Waals surface area contributed by atoms with Gasteiger partial charge in [-0.05, 0) is 12.0 Å². The Bertz CT molecular complexity index is 934. The van der Waals surface area contributed by atoms with Gasteiger partial charge in [0.1, 0.15) is 11.3 Å². The van der Waals surface area contributed by atoms with Crippen LogP contribution < -0.4 is 10.2 Å². The lowest BCUT2D eigenvalue weighted by molar-refractivity contribution is -0.142. The van der Waals surface area contributed by atoms with Crippen molar-refractivity contribution >= 4 is 28.8 Å². The molecule has 0 saturated carbocycles. The largest absolute Gasteiger partial charge is 0.389 e. The van der Waals surface area contributed by atoms with Gasteiger partial charge >= 0.3 is 6.18 Å². The summed E-state index contributed by atoms with van der Waals surface area (Å²) in [5, 5.41) is 2.53. The SMILES string of the molecule is C=CC(=O)N1CCN(c2cnc3[nH]cc(C(=O)NCC(C)CC(F)(F)F)c3n2)CC1. The Kier molecular flexibility index (Phi) is 6.28. The Labute approximate surface area is 171 Å². The highest BCUT2D eigenvalue weighted by Gasteiger charge is 2.30. The molecular weight excluding hydrogens is 401 g/mol. The summed E-state index contributed by atoms with van der Waals surface area (Å²) in [4.78, 5) is 39.5. The third-order valence-electron chi connectivity index (χ3n) is 4.89. The van der Waals surface area contributed by atoms with E-state index >= 15 is 0 Å². The van der Waals surface area contributed by atoms with Gasteiger partial charge in [-0.15, -0.1) is 0 Å². The lowest BCUT2D eigenvalue weighted by Crippen LogP contribution is -2.48. The van der Waals surface area contributed by atoms with Crippen molar-refractivity contribution in [2.45, 2.75) is 19.5 Å². The third-order valence-corrected chi connectivity index (χ3v) is 4.89. The van der Waals surface area contributed by atoms with Crippen molar-refractivity contribution in [2.24, 2.45) is 5.92 Å². The minimum atomic E-state index is -4.27. The van der Waals surface area contributed by atoms with Gasteiger partial charge in [0, 0.05) is 45.3 Å². The summed E-state index contributed by atoms with van der Waals surface area (Å²) in [6, 6.07) is 0. The number of nitrogens with one attached hydrogen (secondary N) is 2. The van der Waals surface area contributed by atoms with Crippen LogP contribution in [0.5, 0.6) is 0 Å². The fourth-order valence-corrected chi connectivity index (χ4v) is 3.32. The predicted octanol–water partition coefficient (Wildman–Crippen LogP) is 2.11. The van der Waals surface area contributed by atoms with Gasteiger partial charge in [-0.2, -0.15) is 13.2 Å². The zero-order valence-corrected chi connectivity index (χ0v) is 16.5. The molecule has 2 amide bonds. The number of nitrogens with zero attached hydrogens (tertiary/aromatic N) is 4. The number of H-pyrrole nitrogens is 1. The number of aromatic nitrogens is 3. The standard InChI is InChI=1S/C19H23F3N6O2/c1-3-15(29)28-6-4-27(5-7-28)14-11-24-17-16(26-14)13(10-23-17)18(30)25-9-12(2)8-19(20,21)22/h3,10-12H,1,4-9H2,2H3,(H,23,24)(H,25,30). The monoisotopic (exact) mass is 424 g/mol. The van der Waals surface area contributed by atoms with E-state index in [4.69, 9.17) is 0 Å². The molecule has 11 heteroatoms. The summed E-state index contributed by atoms with van der Waals surface area (Å²) in [6.07, 6.45) is -0.936. The molecule has 1 atom stereocenters. The summed E-state index contributed by atoms with van der Waals surface area (Å²) in [5.41, 5.74) is 0.977. The van der Waals surface area contributed by atoms with Gasteiger partial charge in [0.05, 0.1) is 11.8 Å². The van der Waals surface area contributed by atoms with Crippen molar-refractivity contribution in [3.8, 4) is 0 Å². The van der Waals surface area contributed by atoms with Crippen molar-refractivity contribution < 1.29 is 22.8 Å². The highest BCUT2D eigenvalue weighted by molar-refractivity contribution is 6.04. The van der Waals surface area contributed by atoms with Crippen molar-refractivity contribution in [3.05, 3.63) is 30.6 Å². The summed E-state index contributed by atoms with van der Waals surface area (Å²) in [7, 11) is 0. The number of hydrogen-bond donors (Lipinski definition) is 2. The van der Waals surface area contributed by atoms with E-state index in [0.717, 1.165) is 0 Å². The van der Waals surface area contributed by atoms with Crippen molar-refractivity contribution in [2.75, 3.05) is 37.6 Å². The van der Waals surface area contributed by atoms with E-state index in [1.165, 1.54) is 19.2 Å². The Morgan fingerprint density at radius 3 is 2.67 bits per heavy atom. The fraction of sp³-hybridized carbons (Fsp3) is 0.474. The number of halogens is 3. The lowest BCUT2D eigenvalue weighted by atomic mass is 10.1. The number of rotatable bonds is 6. The molecule has 30 heavy (non-hydrogen) atoms. The molecule has 2 aromatic heterocycles. The quantitative estimate of drug-likeness (QED) is 0.693. The van der Waals surface area contributed by atoms with Gasteiger partial charge in [0.15, 0.2) is 5.65 Å². The number of carbonyl (C=O) groups is 2. The first-order valence-electron chi connectivity index (χ1n) is 9.53. The molecule has 0 aromatic carbocycles. The van der Waals surface area contributed by atoms with E-state index < -0.39 is 24.4 Å². The fourth-order valence-electron chi connectivity index (χ4n) is 3.32. The van der Waals surface area contributed by atoms with Gasteiger partial charge in [-0.3, -0.25) is 9.59 Å². The first kappa shape index (κ1) is 21.6. The second-order valence-corrected chi connectivity index (χ2v) is 7.28. The lowest BCUT2D eigenvalue weighted by Gasteiger charge is -2.34. The number of carbonyl (C=O) groups excluding carboxylic acids is 2. The van der Waals surface area contributed by atoms with Crippen LogP contribution in [0.15, 0.2) is 25.0 Å². The Hall–Kier alpha value is -3.11. The zero-order chi connectivity index (χ0) is 21.9. The van der Waals surface area contributed by atoms with Crippen LogP contribution in [0.1, 0.15) is 23.7 Å². The molecule has 1 fully saturated rings. The van der Waals surface area contributed by atoms with Crippen LogP contribution in [0.3, 0.4) is 0 Å². The van der Waals surface area contributed by atoms with E-state index in [0.29, 0.717) is 43.2 Å². The summed E-state index contributed by atoms with van der Waals surface area (Å²) < 4.78 is 37.4. The summed E-state index contributed by atoms with van der Waals surface area (Å²) in [5.74, 6) is -0.814. The summed E-state index contributed by atoms with van der Waals surface area (Å²) >= 11 is 0. The van der Waals surface area contributed by atoms with Crippen molar-refractivity contribution in [3.63, 3.8) is 0 Å². The number of amides is 2. The summed E-state index contributed by atoms with van der Waals surface area (Å²) in [6.45, 7) is 6.96. The molecule has 1 aliphatic rings. The van der Waals surface area contributed by atoms with E-state index in [1.807, 2.05) is 4.90 Å². The first-order valence-corrected chi connectivity index (χ1v) is 9.53. The van der Waals surface area contributed by atoms with Crippen LogP contribution in [0.2, 0.25) is 0 Å². The molecule has 8 nitrogen and oxygen atoms in total. The number of piperazine rings is 1. The normalized spacial score (nSPS) is 15.9. The number of alkyl halides is 3. The highest BCUT2D eigenvalue weighted by Crippen LogP contribution is 2.24. The molecule has 3 rings (SSSR count). The van der Waals surface area contributed by atoms with Crippen LogP contribution >= 0.6 is 0 Å². The minimum Gasteiger partial charge on any atom is -0.352 e. The number of fused-ring (bicyclic) bond motifs is 1. The van der Waals surface area contributed by atoms with Gasteiger partial charge in [-0.25, -0.2) is 9.97 Å². The number of hydrogen-bond acceptors (Lipinski definition) is 5. The number of aromatic amines is 1. The Balaban J connectivity index is 1.68. The van der Waals surface area contributed by atoms with Crippen molar-refractivity contribution in [1.29, 1.82) is 0 Å². The molecule has 1 aliphatic heterocycles. The maximum absolute atomic E-state index is 12.5. The molecule has 0 spiro atoms. The molecule has 0 bridgehead atoms. The van der Waals surface area contributed by atoms with E-state index in [9.17, 15) is 22.8 Å². The molecule has 1 saturated heterocycles. The molecule has 2 aromatic rings. The maximum atomic E-state index is 12.5. The van der Waals surface area contributed by atoms with E-state index in [-0.39, 0.29) is 18.0 Å². The van der Waals surface area contributed by atoms with Crippen molar-refractivity contribution in [1.82, 2.24) is 25.2 Å². The molecule has 1 unspecified atom stereocenters. The highest BCUT2D eigenvalue weighted by atomic mass is 19.4. The molecule has 2 N–H and O–H groups in total. The molecular formula is C19H23F3N6O2. The second kappa shape index (κ2) is 8.72. The molecule has 0 radical (unpaired) electrons. The predicted molar refractivity (Wildman–Crippen MR) is 105 cm³/mol. The molecule has 162 valence electrons. The van der Waals surface area contributed by atoms with Crippen LogP contribution in [0.4, 0.5) is 19.0 Å². The smallest absolute Gasteiger partial charge is 0.352 e. The maximum Gasteiger partial charge on any atom is 0.389 e. The molecule has 0 aliphatic carbocycles. The number of anilines is 1. The minimum absolute atomic E-state index is 0.0998. The van der Waals surface area contributed by atoms with Crippen LogP contribution in [0, 0.1) is 5.92 Å². The Morgan fingerprint density at radius 2 is 2.03 bits per heavy atom. The van der Waals surface area contributed by atoms with Gasteiger partial charge in [-0.1, -0.05) is 13.5 Å².